The van der Waals surface area contributed by atoms with Crippen molar-refractivity contribution in [2.75, 3.05) is 15.9 Å². The molecule has 2 aromatic carbocycles. The van der Waals surface area contributed by atoms with Gasteiger partial charge in [0.25, 0.3) is 0 Å². The molecular weight excluding hydrogens is 395 g/mol. The zero-order valence-electron chi connectivity index (χ0n) is 14.9. The first kappa shape index (κ1) is 20.6. The Hall–Kier alpha value is -1.76. The van der Waals surface area contributed by atoms with Crippen LogP contribution in [0.3, 0.4) is 0 Å². The molecule has 5 nitrogen and oxygen atoms in total. The van der Waals surface area contributed by atoms with Crippen molar-refractivity contribution in [1.29, 1.82) is 0 Å². The van der Waals surface area contributed by atoms with Crippen LogP contribution in [0.4, 0.5) is 11.4 Å². The summed E-state index contributed by atoms with van der Waals surface area (Å²) in [6.45, 7) is 5.26. The maximum Gasteiger partial charge on any atom is 0.248 e. The first-order valence-corrected chi connectivity index (χ1v) is 10.4. The van der Waals surface area contributed by atoms with Gasteiger partial charge in [-0.3, -0.25) is 9.10 Å². The lowest BCUT2D eigenvalue weighted by Crippen LogP contribution is -2.45. The Kier molecular flexibility index (Phi) is 6.21. The van der Waals surface area contributed by atoms with Crippen LogP contribution in [-0.4, -0.2) is 26.6 Å². The van der Waals surface area contributed by atoms with Crippen LogP contribution in [0.2, 0.25) is 10.0 Å². The zero-order chi connectivity index (χ0) is 19.6. The number of hydrogen-bond donors (Lipinski definition) is 1. The first-order chi connectivity index (χ1) is 12.0. The largest absolute Gasteiger partial charge is 0.323 e. The molecule has 0 aromatic heterocycles. The Morgan fingerprint density at radius 1 is 1.08 bits per heavy atom. The molecule has 1 atom stereocenters. The van der Waals surface area contributed by atoms with Gasteiger partial charge >= 0.3 is 0 Å². The molecule has 0 aliphatic heterocycles. The molecule has 2 aromatic rings. The third-order valence-electron chi connectivity index (χ3n) is 3.74. The Bertz CT molecular complexity index is 925. The number of amides is 1. The number of nitrogens with zero attached hydrogens (tertiary/aromatic N) is 1. The minimum Gasteiger partial charge on any atom is -0.323 e. The van der Waals surface area contributed by atoms with Crippen molar-refractivity contribution in [2.24, 2.45) is 0 Å². The molecule has 1 amide bonds. The van der Waals surface area contributed by atoms with Crippen LogP contribution < -0.4 is 9.62 Å². The predicted molar refractivity (Wildman–Crippen MR) is 108 cm³/mol. The molecule has 0 fully saturated rings. The number of benzene rings is 2. The fourth-order valence-electron chi connectivity index (χ4n) is 2.72. The van der Waals surface area contributed by atoms with E-state index >= 15 is 0 Å². The normalized spacial score (nSPS) is 12.5. The second-order valence-electron chi connectivity index (χ2n) is 6.19. The van der Waals surface area contributed by atoms with E-state index in [9.17, 15) is 13.2 Å². The molecule has 0 heterocycles. The van der Waals surface area contributed by atoms with E-state index in [0.29, 0.717) is 21.4 Å². The van der Waals surface area contributed by atoms with Crippen LogP contribution in [-0.2, 0) is 14.8 Å². The minimum atomic E-state index is -3.69. The molecule has 0 radical (unpaired) electrons. The summed E-state index contributed by atoms with van der Waals surface area (Å²) in [6, 6.07) is 9.07. The van der Waals surface area contributed by atoms with Crippen molar-refractivity contribution in [3.05, 3.63) is 57.6 Å². The summed E-state index contributed by atoms with van der Waals surface area (Å²) in [6.07, 6.45) is 1.07. The number of rotatable bonds is 5. The molecular formula is C18H20Cl2N2O3S. The lowest BCUT2D eigenvalue weighted by atomic mass is 10.1. The van der Waals surface area contributed by atoms with E-state index in [4.69, 9.17) is 23.2 Å². The van der Waals surface area contributed by atoms with Gasteiger partial charge in [-0.1, -0.05) is 29.3 Å². The van der Waals surface area contributed by atoms with E-state index in [1.54, 1.807) is 24.3 Å². The van der Waals surface area contributed by atoms with Crippen molar-refractivity contribution in [3.63, 3.8) is 0 Å². The number of nitrogens with one attached hydrogen (secondary N) is 1. The van der Waals surface area contributed by atoms with Gasteiger partial charge in [0.05, 0.1) is 22.7 Å². The highest BCUT2D eigenvalue weighted by Gasteiger charge is 2.29. The molecule has 0 aliphatic rings. The van der Waals surface area contributed by atoms with Gasteiger partial charge in [0.15, 0.2) is 0 Å². The summed E-state index contributed by atoms with van der Waals surface area (Å²) < 4.78 is 25.8. The molecule has 0 bridgehead atoms. The molecule has 0 saturated heterocycles. The van der Waals surface area contributed by atoms with Gasteiger partial charge in [-0.2, -0.15) is 0 Å². The molecule has 0 saturated carbocycles. The molecule has 26 heavy (non-hydrogen) atoms. The van der Waals surface area contributed by atoms with Crippen LogP contribution in [0.15, 0.2) is 36.4 Å². The van der Waals surface area contributed by atoms with Crippen molar-refractivity contribution >= 4 is 50.5 Å². The predicted octanol–water partition coefficient (Wildman–Crippen LogP) is 4.40. The van der Waals surface area contributed by atoms with E-state index < -0.39 is 22.0 Å². The van der Waals surface area contributed by atoms with Crippen LogP contribution in [0.5, 0.6) is 0 Å². The third kappa shape index (κ3) is 4.90. The number of aryl methyl sites for hydroxylation is 2. The lowest BCUT2D eigenvalue weighted by molar-refractivity contribution is -0.116. The second-order valence-corrected chi connectivity index (χ2v) is 8.90. The summed E-state index contributed by atoms with van der Waals surface area (Å²) in [5.74, 6) is -0.515. The van der Waals surface area contributed by atoms with E-state index in [0.717, 1.165) is 21.7 Å². The molecule has 0 spiro atoms. The monoisotopic (exact) mass is 414 g/mol. The smallest absolute Gasteiger partial charge is 0.248 e. The van der Waals surface area contributed by atoms with Crippen molar-refractivity contribution in [1.82, 2.24) is 0 Å². The van der Waals surface area contributed by atoms with Crippen molar-refractivity contribution < 1.29 is 13.2 Å². The molecule has 8 heteroatoms. The third-order valence-corrected chi connectivity index (χ3v) is 5.54. The summed E-state index contributed by atoms with van der Waals surface area (Å²) in [4.78, 5) is 12.7. The Balaban J connectivity index is 2.39. The van der Waals surface area contributed by atoms with E-state index in [1.807, 2.05) is 19.9 Å². The molecule has 140 valence electrons. The summed E-state index contributed by atoms with van der Waals surface area (Å²) >= 11 is 12.0. The number of carbonyl (C=O) groups is 1. The number of halogens is 2. The van der Waals surface area contributed by atoms with Crippen LogP contribution in [0.25, 0.3) is 0 Å². The standard InChI is InChI=1S/C18H20Cl2N2O3S/c1-11-7-12(2)9-15(8-11)22(26(4,24)25)13(3)18(23)21-17-10-14(19)5-6-16(17)20/h5-10,13H,1-4H3,(H,21,23). The first-order valence-electron chi connectivity index (χ1n) is 7.82. The quantitative estimate of drug-likeness (QED) is 0.787. The van der Waals surface area contributed by atoms with Gasteiger partial charge in [-0.25, -0.2) is 8.42 Å². The van der Waals surface area contributed by atoms with Crippen molar-refractivity contribution in [2.45, 2.75) is 26.8 Å². The van der Waals surface area contributed by atoms with Gasteiger partial charge in [0, 0.05) is 5.02 Å². The number of carbonyl (C=O) groups excluding carboxylic acids is 1. The van der Waals surface area contributed by atoms with Gasteiger partial charge in [0.1, 0.15) is 6.04 Å². The highest BCUT2D eigenvalue weighted by molar-refractivity contribution is 7.92. The average molecular weight is 415 g/mol. The van der Waals surface area contributed by atoms with Gasteiger partial charge in [-0.15, -0.1) is 0 Å². The summed E-state index contributed by atoms with van der Waals surface area (Å²) in [5, 5.41) is 3.36. The second kappa shape index (κ2) is 7.86. The fourth-order valence-corrected chi connectivity index (χ4v) is 4.21. The van der Waals surface area contributed by atoms with E-state index in [2.05, 4.69) is 5.32 Å². The summed E-state index contributed by atoms with van der Waals surface area (Å²) in [7, 11) is -3.69. The maximum absolute atomic E-state index is 12.7. The van der Waals surface area contributed by atoms with Crippen LogP contribution in [0, 0.1) is 13.8 Å². The van der Waals surface area contributed by atoms with Crippen LogP contribution in [0.1, 0.15) is 18.1 Å². The number of sulfonamides is 1. The van der Waals surface area contributed by atoms with Gasteiger partial charge in [0.2, 0.25) is 15.9 Å². The SMILES string of the molecule is Cc1cc(C)cc(N(C(C)C(=O)Nc2cc(Cl)ccc2Cl)S(C)(=O)=O)c1. The maximum atomic E-state index is 12.7. The minimum absolute atomic E-state index is 0.312. The number of hydrogen-bond acceptors (Lipinski definition) is 3. The fraction of sp³-hybridized carbons (Fsp3) is 0.278. The topological polar surface area (TPSA) is 66.5 Å². The lowest BCUT2D eigenvalue weighted by Gasteiger charge is -2.29. The Labute approximate surface area is 164 Å². The molecule has 1 unspecified atom stereocenters. The van der Waals surface area contributed by atoms with Gasteiger partial charge < -0.3 is 5.32 Å². The zero-order valence-corrected chi connectivity index (χ0v) is 17.2. The molecule has 2 rings (SSSR count). The number of anilines is 2. The Morgan fingerprint density at radius 3 is 2.19 bits per heavy atom. The molecule has 0 aliphatic carbocycles. The summed E-state index contributed by atoms with van der Waals surface area (Å²) in [5.41, 5.74) is 2.56. The van der Waals surface area contributed by atoms with Crippen LogP contribution >= 0.6 is 23.2 Å². The average Bonchev–Trinajstić information content (AvgIpc) is 2.48. The van der Waals surface area contributed by atoms with E-state index in [-0.39, 0.29) is 0 Å². The van der Waals surface area contributed by atoms with Gasteiger partial charge in [-0.05, 0) is 62.2 Å². The highest BCUT2D eigenvalue weighted by Crippen LogP contribution is 2.27. The molecule has 1 N–H and O–H groups in total. The van der Waals surface area contributed by atoms with Crippen molar-refractivity contribution in [3.8, 4) is 0 Å². The highest BCUT2D eigenvalue weighted by atomic mass is 35.5. The van der Waals surface area contributed by atoms with E-state index in [1.165, 1.54) is 13.0 Å². The Morgan fingerprint density at radius 2 is 1.65 bits per heavy atom.